The number of benzene rings is 1. The van der Waals surface area contributed by atoms with Gasteiger partial charge in [-0.15, -0.1) is 0 Å². The Morgan fingerprint density at radius 3 is 2.56 bits per heavy atom. The first-order valence-corrected chi connectivity index (χ1v) is 5.98. The lowest BCUT2D eigenvalue weighted by Gasteiger charge is -2.17. The third kappa shape index (κ3) is 2.97. The Kier molecular flexibility index (Phi) is 5.25. The average Bonchev–Trinajstić information content (AvgIpc) is 2.30. The predicted molar refractivity (Wildman–Crippen MR) is 68.9 cm³/mol. The molecule has 0 radical (unpaired) electrons. The van der Waals surface area contributed by atoms with Crippen molar-refractivity contribution in [1.82, 2.24) is 0 Å². The summed E-state index contributed by atoms with van der Waals surface area (Å²) in [6.45, 7) is 3.30. The van der Waals surface area contributed by atoms with E-state index in [1.807, 2.05) is 6.07 Å². The second kappa shape index (κ2) is 6.23. The minimum Gasteiger partial charge on any atom is -0.496 e. The molecule has 0 aliphatic heterocycles. The molecule has 0 heterocycles. The molecular formula is C12H18BrNO2. The highest BCUT2D eigenvalue weighted by Gasteiger charge is 2.13. The molecule has 4 heteroatoms. The number of methoxy groups -OCH3 is 2. The van der Waals surface area contributed by atoms with E-state index in [4.69, 9.17) is 15.2 Å². The summed E-state index contributed by atoms with van der Waals surface area (Å²) >= 11 is 3.48. The fourth-order valence-corrected chi connectivity index (χ4v) is 2.16. The number of rotatable bonds is 5. The van der Waals surface area contributed by atoms with Gasteiger partial charge in [0, 0.05) is 7.11 Å². The number of ether oxygens (including phenoxy) is 2. The lowest BCUT2D eigenvalue weighted by atomic mass is 9.96. The van der Waals surface area contributed by atoms with Gasteiger partial charge in [0.2, 0.25) is 0 Å². The molecule has 0 saturated carbocycles. The van der Waals surface area contributed by atoms with Gasteiger partial charge in [-0.1, -0.05) is 6.92 Å². The molecule has 3 nitrogen and oxygen atoms in total. The van der Waals surface area contributed by atoms with Crippen molar-refractivity contribution in [3.8, 4) is 5.75 Å². The van der Waals surface area contributed by atoms with Gasteiger partial charge in [0.1, 0.15) is 5.75 Å². The van der Waals surface area contributed by atoms with Crippen molar-refractivity contribution in [2.75, 3.05) is 20.8 Å². The lowest BCUT2D eigenvalue weighted by Crippen LogP contribution is -2.11. The Balaban J connectivity index is 3.18. The van der Waals surface area contributed by atoms with Crippen molar-refractivity contribution in [3.63, 3.8) is 0 Å². The van der Waals surface area contributed by atoms with Crippen LogP contribution in [0.15, 0.2) is 16.6 Å². The van der Waals surface area contributed by atoms with E-state index in [9.17, 15) is 0 Å². The molecule has 1 aromatic carbocycles. The Bertz CT molecular complexity index is 355. The Morgan fingerprint density at radius 2 is 2.06 bits per heavy atom. The van der Waals surface area contributed by atoms with Crippen molar-refractivity contribution in [2.45, 2.75) is 19.4 Å². The zero-order valence-corrected chi connectivity index (χ0v) is 11.5. The molecule has 0 bridgehead atoms. The average molecular weight is 288 g/mol. The first-order valence-electron chi connectivity index (χ1n) is 5.19. The number of hydrogen-bond donors (Lipinski definition) is 1. The number of halogens is 1. The monoisotopic (exact) mass is 287 g/mol. The van der Waals surface area contributed by atoms with Crippen LogP contribution in [0.25, 0.3) is 0 Å². The maximum Gasteiger partial charge on any atom is 0.133 e. The van der Waals surface area contributed by atoms with Crippen LogP contribution < -0.4 is 10.5 Å². The minimum absolute atomic E-state index is 0.312. The van der Waals surface area contributed by atoms with E-state index < -0.39 is 0 Å². The lowest BCUT2D eigenvalue weighted by molar-refractivity contribution is 0.183. The Labute approximate surface area is 105 Å². The molecule has 1 rings (SSSR count). The van der Waals surface area contributed by atoms with Crippen LogP contribution in [0, 0.1) is 0 Å². The standard InChI is InChI=1S/C12H18BrNO2/c1-8(6-14)10-5-11(13)12(16-3)4-9(10)7-15-2/h4-5,8H,6-7,14H2,1-3H3. The first kappa shape index (κ1) is 13.5. The van der Waals surface area contributed by atoms with Crippen molar-refractivity contribution in [2.24, 2.45) is 5.73 Å². The molecule has 0 aliphatic carbocycles. The summed E-state index contributed by atoms with van der Waals surface area (Å²) in [5, 5.41) is 0. The molecule has 16 heavy (non-hydrogen) atoms. The number of hydrogen-bond acceptors (Lipinski definition) is 3. The van der Waals surface area contributed by atoms with Gasteiger partial charge < -0.3 is 15.2 Å². The maximum atomic E-state index is 5.70. The van der Waals surface area contributed by atoms with E-state index in [-0.39, 0.29) is 0 Å². The molecule has 0 aromatic heterocycles. The molecule has 1 unspecified atom stereocenters. The van der Waals surface area contributed by atoms with Crippen LogP contribution in [0.3, 0.4) is 0 Å². The van der Waals surface area contributed by atoms with E-state index in [2.05, 4.69) is 28.9 Å². The Hall–Kier alpha value is -0.580. The molecule has 0 amide bonds. The highest BCUT2D eigenvalue weighted by Crippen LogP contribution is 2.32. The van der Waals surface area contributed by atoms with Gasteiger partial charge in [0.15, 0.2) is 0 Å². The second-order valence-corrected chi connectivity index (χ2v) is 4.61. The Morgan fingerprint density at radius 1 is 1.38 bits per heavy atom. The predicted octanol–water partition coefficient (Wildman–Crippen LogP) is 2.67. The quantitative estimate of drug-likeness (QED) is 0.906. The van der Waals surface area contributed by atoms with Crippen LogP contribution in [-0.2, 0) is 11.3 Å². The fourth-order valence-electron chi connectivity index (χ4n) is 1.63. The molecule has 0 spiro atoms. The van der Waals surface area contributed by atoms with Crippen molar-refractivity contribution in [3.05, 3.63) is 27.7 Å². The number of nitrogens with two attached hydrogens (primary N) is 1. The van der Waals surface area contributed by atoms with Crippen LogP contribution in [0.2, 0.25) is 0 Å². The van der Waals surface area contributed by atoms with Crippen LogP contribution >= 0.6 is 15.9 Å². The van der Waals surface area contributed by atoms with Crippen molar-refractivity contribution >= 4 is 15.9 Å². The van der Waals surface area contributed by atoms with E-state index in [0.717, 1.165) is 15.8 Å². The molecule has 2 N–H and O–H groups in total. The van der Waals surface area contributed by atoms with Crippen molar-refractivity contribution < 1.29 is 9.47 Å². The van der Waals surface area contributed by atoms with E-state index in [1.54, 1.807) is 14.2 Å². The molecule has 0 saturated heterocycles. The highest BCUT2D eigenvalue weighted by molar-refractivity contribution is 9.10. The zero-order valence-electron chi connectivity index (χ0n) is 9.92. The minimum atomic E-state index is 0.312. The molecular weight excluding hydrogens is 270 g/mol. The zero-order chi connectivity index (χ0) is 12.1. The SMILES string of the molecule is COCc1cc(OC)c(Br)cc1C(C)CN. The van der Waals surface area contributed by atoms with Crippen LogP contribution in [0.4, 0.5) is 0 Å². The normalized spacial score (nSPS) is 12.6. The highest BCUT2D eigenvalue weighted by atomic mass is 79.9. The van der Waals surface area contributed by atoms with E-state index in [1.165, 1.54) is 5.56 Å². The molecule has 1 atom stereocenters. The summed E-state index contributed by atoms with van der Waals surface area (Å²) in [6.07, 6.45) is 0. The van der Waals surface area contributed by atoms with Crippen LogP contribution in [-0.4, -0.2) is 20.8 Å². The summed E-state index contributed by atoms with van der Waals surface area (Å²) in [5.41, 5.74) is 8.03. The topological polar surface area (TPSA) is 44.5 Å². The molecule has 0 aliphatic rings. The molecule has 1 aromatic rings. The van der Waals surface area contributed by atoms with Crippen molar-refractivity contribution in [1.29, 1.82) is 0 Å². The van der Waals surface area contributed by atoms with E-state index in [0.29, 0.717) is 19.1 Å². The van der Waals surface area contributed by atoms with Gasteiger partial charge in [-0.2, -0.15) is 0 Å². The summed E-state index contributed by atoms with van der Waals surface area (Å²) in [6, 6.07) is 4.06. The van der Waals surface area contributed by atoms with Gasteiger partial charge in [0.25, 0.3) is 0 Å². The van der Waals surface area contributed by atoms with Gasteiger partial charge in [-0.05, 0) is 51.7 Å². The van der Waals surface area contributed by atoms with Crippen LogP contribution in [0.1, 0.15) is 24.0 Å². The smallest absolute Gasteiger partial charge is 0.133 e. The summed E-state index contributed by atoms with van der Waals surface area (Å²) in [4.78, 5) is 0. The summed E-state index contributed by atoms with van der Waals surface area (Å²) in [7, 11) is 3.34. The second-order valence-electron chi connectivity index (χ2n) is 3.76. The van der Waals surface area contributed by atoms with Gasteiger partial charge in [0.05, 0.1) is 18.2 Å². The summed E-state index contributed by atoms with van der Waals surface area (Å²) < 4.78 is 11.4. The largest absolute Gasteiger partial charge is 0.496 e. The summed E-state index contributed by atoms with van der Waals surface area (Å²) in [5.74, 6) is 1.13. The molecule has 0 fully saturated rings. The maximum absolute atomic E-state index is 5.70. The van der Waals surface area contributed by atoms with Crippen LogP contribution in [0.5, 0.6) is 5.75 Å². The molecule has 90 valence electrons. The van der Waals surface area contributed by atoms with Gasteiger partial charge >= 0.3 is 0 Å². The van der Waals surface area contributed by atoms with E-state index >= 15 is 0 Å². The van der Waals surface area contributed by atoms with Gasteiger partial charge in [-0.25, -0.2) is 0 Å². The third-order valence-electron chi connectivity index (χ3n) is 2.60. The fraction of sp³-hybridized carbons (Fsp3) is 0.500. The first-order chi connectivity index (χ1) is 7.63. The van der Waals surface area contributed by atoms with Gasteiger partial charge in [-0.3, -0.25) is 0 Å². The third-order valence-corrected chi connectivity index (χ3v) is 3.22.